The van der Waals surface area contributed by atoms with E-state index in [1.807, 2.05) is 0 Å². The van der Waals surface area contributed by atoms with Crippen molar-refractivity contribution in [2.24, 2.45) is 0 Å². The van der Waals surface area contributed by atoms with Gasteiger partial charge in [0.15, 0.2) is 0 Å². The van der Waals surface area contributed by atoms with Crippen molar-refractivity contribution in [3.63, 3.8) is 0 Å². The summed E-state index contributed by atoms with van der Waals surface area (Å²) in [5, 5.41) is 4.04. The van der Waals surface area contributed by atoms with Crippen LogP contribution in [0.25, 0.3) is 0 Å². The number of carbonyl (C=O) groups is 2. The Kier molecular flexibility index (Phi) is 6.18. The number of hydrogen-bond acceptors (Lipinski definition) is 5. The van der Waals surface area contributed by atoms with Crippen molar-refractivity contribution < 1.29 is 27.5 Å². The molecule has 2 amide bonds. The average molecular weight is 417 g/mol. The highest BCUT2D eigenvalue weighted by Gasteiger charge is 2.36. The lowest BCUT2D eigenvalue weighted by Gasteiger charge is -2.38. The molecule has 2 saturated heterocycles. The summed E-state index contributed by atoms with van der Waals surface area (Å²) in [7, 11) is 1.73. The molecule has 0 radical (unpaired) electrons. The van der Waals surface area contributed by atoms with Gasteiger partial charge in [-0.25, -0.2) is 0 Å². The van der Waals surface area contributed by atoms with Gasteiger partial charge in [0.2, 0.25) is 11.8 Å². The molecule has 1 atom stereocenters. The van der Waals surface area contributed by atoms with Gasteiger partial charge in [0.25, 0.3) is 0 Å². The topological polar surface area (TPSA) is 70.9 Å². The molecule has 11 heteroatoms. The second-order valence-electron chi connectivity index (χ2n) is 7.56. The Labute approximate surface area is 167 Å². The number of alkyl halides is 3. The molecule has 2 aliphatic heterocycles. The van der Waals surface area contributed by atoms with Gasteiger partial charge >= 0.3 is 6.18 Å². The van der Waals surface area contributed by atoms with Gasteiger partial charge in [-0.15, -0.1) is 0 Å². The average Bonchev–Trinajstić information content (AvgIpc) is 2.90. The molecule has 1 aromatic rings. The van der Waals surface area contributed by atoms with E-state index >= 15 is 0 Å². The van der Waals surface area contributed by atoms with Crippen molar-refractivity contribution in [2.45, 2.75) is 32.6 Å². The third-order valence-corrected chi connectivity index (χ3v) is 5.44. The van der Waals surface area contributed by atoms with E-state index in [0.29, 0.717) is 43.2 Å². The van der Waals surface area contributed by atoms with E-state index in [9.17, 15) is 22.8 Å². The maximum atomic E-state index is 13.0. The standard InChI is InChI=1S/C18H26F3N5O3/c1-12-17(13(2)26(22-12)11-18(19,20)21)14-10-29-7-6-25(14)16(28)9-24-5-4-23(3)15(27)8-24/h14H,4-11H2,1-3H3. The van der Waals surface area contributed by atoms with Gasteiger partial charge in [-0.3, -0.25) is 19.2 Å². The number of likely N-dealkylation sites (N-methyl/N-ethyl adjacent to an activating group) is 1. The number of ether oxygens (including phenoxy) is 1. The van der Waals surface area contributed by atoms with E-state index < -0.39 is 18.8 Å². The zero-order chi connectivity index (χ0) is 21.3. The van der Waals surface area contributed by atoms with Crippen LogP contribution in [0, 0.1) is 13.8 Å². The highest BCUT2D eigenvalue weighted by Crippen LogP contribution is 2.31. The van der Waals surface area contributed by atoms with Crippen molar-refractivity contribution in [1.82, 2.24) is 24.5 Å². The lowest BCUT2D eigenvalue weighted by molar-refractivity contribution is -0.145. The molecule has 3 rings (SSSR count). The number of nitrogens with zero attached hydrogens (tertiary/aromatic N) is 5. The molecule has 162 valence electrons. The van der Waals surface area contributed by atoms with E-state index in [1.54, 1.807) is 35.6 Å². The molecule has 0 aliphatic carbocycles. The van der Waals surface area contributed by atoms with Crippen LogP contribution >= 0.6 is 0 Å². The molecule has 0 N–H and O–H groups in total. The number of piperazine rings is 1. The van der Waals surface area contributed by atoms with Gasteiger partial charge in [-0.1, -0.05) is 0 Å². The van der Waals surface area contributed by atoms with E-state index in [2.05, 4.69) is 5.10 Å². The first kappa shape index (κ1) is 21.6. The zero-order valence-electron chi connectivity index (χ0n) is 16.8. The molecule has 29 heavy (non-hydrogen) atoms. The SMILES string of the molecule is Cc1nn(CC(F)(F)F)c(C)c1C1COCCN1C(=O)CN1CCN(C)C(=O)C1. The Hall–Kier alpha value is -2.14. The van der Waals surface area contributed by atoms with Crippen LogP contribution in [-0.2, 0) is 20.9 Å². The molecular formula is C18H26F3N5O3. The van der Waals surface area contributed by atoms with Crippen LogP contribution in [0.3, 0.4) is 0 Å². The molecule has 8 nitrogen and oxygen atoms in total. The number of morpholine rings is 1. The Morgan fingerprint density at radius 3 is 2.62 bits per heavy atom. The van der Waals surface area contributed by atoms with Crippen molar-refractivity contribution in [3.05, 3.63) is 17.0 Å². The monoisotopic (exact) mass is 417 g/mol. The van der Waals surface area contributed by atoms with Gasteiger partial charge in [-0.05, 0) is 13.8 Å². The minimum absolute atomic E-state index is 0.0392. The first-order valence-electron chi connectivity index (χ1n) is 9.51. The second-order valence-corrected chi connectivity index (χ2v) is 7.56. The fourth-order valence-electron chi connectivity index (χ4n) is 3.88. The Bertz CT molecular complexity index is 780. The number of carbonyl (C=O) groups excluding carboxylic acids is 2. The smallest absolute Gasteiger partial charge is 0.377 e. The van der Waals surface area contributed by atoms with Crippen LogP contribution in [0.15, 0.2) is 0 Å². The van der Waals surface area contributed by atoms with Crippen LogP contribution in [0.5, 0.6) is 0 Å². The number of halogens is 3. The van der Waals surface area contributed by atoms with E-state index in [1.165, 1.54) is 0 Å². The molecule has 3 heterocycles. The van der Waals surface area contributed by atoms with Crippen molar-refractivity contribution in [1.29, 1.82) is 0 Å². The predicted octanol–water partition coefficient (Wildman–Crippen LogP) is 0.736. The molecule has 1 aromatic heterocycles. The summed E-state index contributed by atoms with van der Waals surface area (Å²) >= 11 is 0. The fraction of sp³-hybridized carbons (Fsp3) is 0.722. The van der Waals surface area contributed by atoms with Gasteiger partial charge in [0.1, 0.15) is 6.54 Å². The summed E-state index contributed by atoms with van der Waals surface area (Å²) < 4.78 is 45.0. The van der Waals surface area contributed by atoms with Crippen LogP contribution in [-0.4, -0.2) is 95.5 Å². The summed E-state index contributed by atoms with van der Waals surface area (Å²) in [6.07, 6.45) is -4.38. The number of amides is 2. The van der Waals surface area contributed by atoms with E-state index in [-0.39, 0.29) is 31.5 Å². The maximum absolute atomic E-state index is 13.0. The maximum Gasteiger partial charge on any atom is 0.408 e. The van der Waals surface area contributed by atoms with E-state index in [0.717, 1.165) is 4.68 Å². The first-order chi connectivity index (χ1) is 13.6. The lowest BCUT2D eigenvalue weighted by atomic mass is 10.0. The number of aryl methyl sites for hydroxylation is 1. The minimum Gasteiger partial charge on any atom is -0.377 e. The first-order valence-corrected chi connectivity index (χ1v) is 9.51. The fourth-order valence-corrected chi connectivity index (χ4v) is 3.88. The van der Waals surface area contributed by atoms with Crippen molar-refractivity contribution in [2.75, 3.05) is 53.0 Å². The summed E-state index contributed by atoms with van der Waals surface area (Å²) in [6.45, 7) is 4.38. The quantitative estimate of drug-likeness (QED) is 0.723. The van der Waals surface area contributed by atoms with Crippen LogP contribution in [0.2, 0.25) is 0 Å². The third kappa shape index (κ3) is 4.89. The number of hydrogen-bond donors (Lipinski definition) is 0. The molecule has 2 aliphatic rings. The third-order valence-electron chi connectivity index (χ3n) is 5.44. The minimum atomic E-state index is -4.38. The number of aromatic nitrogens is 2. The zero-order valence-corrected chi connectivity index (χ0v) is 16.8. The van der Waals surface area contributed by atoms with Crippen LogP contribution < -0.4 is 0 Å². The van der Waals surface area contributed by atoms with Gasteiger partial charge in [0.05, 0.1) is 38.0 Å². The van der Waals surface area contributed by atoms with Crippen LogP contribution in [0.4, 0.5) is 13.2 Å². The lowest BCUT2D eigenvalue weighted by Crippen LogP contribution is -2.53. The highest BCUT2D eigenvalue weighted by molar-refractivity contribution is 5.82. The normalized spacial score (nSPS) is 21.7. The van der Waals surface area contributed by atoms with Gasteiger partial charge in [-0.2, -0.15) is 18.3 Å². The van der Waals surface area contributed by atoms with Crippen molar-refractivity contribution >= 4 is 11.8 Å². The summed E-state index contributed by atoms with van der Waals surface area (Å²) in [5.41, 5.74) is 1.43. The van der Waals surface area contributed by atoms with Gasteiger partial charge in [0, 0.05) is 37.9 Å². The molecule has 1 unspecified atom stereocenters. The Morgan fingerprint density at radius 2 is 1.97 bits per heavy atom. The Morgan fingerprint density at radius 1 is 1.24 bits per heavy atom. The summed E-state index contributed by atoms with van der Waals surface area (Å²) in [4.78, 5) is 29.9. The summed E-state index contributed by atoms with van der Waals surface area (Å²) in [5.74, 6) is -0.208. The molecule has 0 saturated carbocycles. The largest absolute Gasteiger partial charge is 0.408 e. The highest BCUT2D eigenvalue weighted by atomic mass is 19.4. The second kappa shape index (κ2) is 8.31. The molecule has 2 fully saturated rings. The van der Waals surface area contributed by atoms with Crippen LogP contribution in [0.1, 0.15) is 23.0 Å². The van der Waals surface area contributed by atoms with Crippen molar-refractivity contribution in [3.8, 4) is 0 Å². The Balaban J connectivity index is 1.78. The summed E-state index contributed by atoms with van der Waals surface area (Å²) in [6, 6.07) is -0.499. The predicted molar refractivity (Wildman–Crippen MR) is 97.1 cm³/mol. The molecule has 0 bridgehead atoms. The molecule has 0 spiro atoms. The van der Waals surface area contributed by atoms with Gasteiger partial charge < -0.3 is 14.5 Å². The van der Waals surface area contributed by atoms with E-state index in [4.69, 9.17) is 4.74 Å². The number of rotatable bonds is 4. The molecule has 0 aromatic carbocycles. The molecular weight excluding hydrogens is 391 g/mol.